The molecule has 0 N–H and O–H groups in total. The van der Waals surface area contributed by atoms with Crippen molar-refractivity contribution < 1.29 is 66.3 Å². The van der Waals surface area contributed by atoms with Gasteiger partial charge in [0.15, 0.2) is 18.3 Å². The van der Waals surface area contributed by atoms with Gasteiger partial charge in [-0.1, -0.05) is 78.7 Å². The molecule has 5 aromatic carbocycles. The minimum Gasteiger partial charge on any atom is -0.489 e. The van der Waals surface area contributed by atoms with Crippen molar-refractivity contribution in [2.75, 3.05) is 11.5 Å². The summed E-state index contributed by atoms with van der Waals surface area (Å²) in [6.45, 7) is 5.78. The molecule has 5 aromatic rings. The number of carbonyl (C=O) groups excluding carboxylic acids is 6. The van der Waals surface area contributed by atoms with E-state index in [2.05, 4.69) is 5.92 Å². The van der Waals surface area contributed by atoms with Gasteiger partial charge in [0, 0.05) is 51.4 Å². The fourth-order valence-corrected chi connectivity index (χ4v) is 8.90. The van der Waals surface area contributed by atoms with Crippen LogP contribution < -0.4 is 9.64 Å². The van der Waals surface area contributed by atoms with Crippen LogP contribution in [-0.2, 0) is 63.8 Å². The molecule has 2 aliphatic heterocycles. The van der Waals surface area contributed by atoms with E-state index in [9.17, 15) is 33.2 Å². The molecule has 362 valence electrons. The van der Waals surface area contributed by atoms with Crippen molar-refractivity contribution in [2.45, 2.75) is 96.7 Å². The van der Waals surface area contributed by atoms with Crippen LogP contribution in [0.15, 0.2) is 121 Å². The number of carbonyl (C=O) groups is 6. The molecule has 0 aliphatic carbocycles. The first kappa shape index (κ1) is 50.1. The van der Waals surface area contributed by atoms with Crippen LogP contribution in [0.25, 0.3) is 11.1 Å². The van der Waals surface area contributed by atoms with Gasteiger partial charge in [0.25, 0.3) is 0 Å². The Morgan fingerprint density at radius 2 is 1.37 bits per heavy atom. The zero-order valence-electron chi connectivity index (χ0n) is 39.2. The highest BCUT2D eigenvalue weighted by Crippen LogP contribution is 2.50. The van der Waals surface area contributed by atoms with Crippen molar-refractivity contribution in [1.82, 2.24) is 0 Å². The molecule has 0 bridgehead atoms. The molecule has 15 heteroatoms. The zero-order chi connectivity index (χ0) is 50.1. The van der Waals surface area contributed by atoms with Crippen molar-refractivity contribution in [3.63, 3.8) is 0 Å². The van der Waals surface area contributed by atoms with Crippen LogP contribution in [-0.4, -0.2) is 66.8 Å². The summed E-state index contributed by atoms with van der Waals surface area (Å²) in [7, 11) is 0. The van der Waals surface area contributed by atoms with Crippen LogP contribution in [0.4, 0.5) is 10.1 Å². The summed E-state index contributed by atoms with van der Waals surface area (Å²) in [4.78, 5) is 77.9. The number of ether oxygens (including phenoxy) is 7. The minimum atomic E-state index is -1.37. The molecule has 8 atom stereocenters. The number of nitrogens with zero attached hydrogens (tertiary/aromatic N) is 1. The Balaban J connectivity index is 1.30. The van der Waals surface area contributed by atoms with E-state index in [0.29, 0.717) is 44.8 Å². The van der Waals surface area contributed by atoms with E-state index in [-0.39, 0.29) is 32.0 Å². The quantitative estimate of drug-likeness (QED) is 0.0376. The lowest BCUT2D eigenvalue weighted by Crippen LogP contribution is -2.59. The molecular formula is C55H52FNO13. The smallest absolute Gasteiger partial charge is 0.303 e. The van der Waals surface area contributed by atoms with Crippen LogP contribution in [0, 0.1) is 24.1 Å². The van der Waals surface area contributed by atoms with Gasteiger partial charge in [0.1, 0.15) is 43.1 Å². The molecule has 2 fully saturated rings. The molecule has 7 rings (SSSR count). The highest BCUT2D eigenvalue weighted by molar-refractivity contribution is 6.03. The summed E-state index contributed by atoms with van der Waals surface area (Å²) in [5.74, 6) is -1.53. The predicted molar refractivity (Wildman–Crippen MR) is 252 cm³/mol. The summed E-state index contributed by atoms with van der Waals surface area (Å²) in [5.41, 5.74) is 5.21. The monoisotopic (exact) mass is 953 g/mol. The third-order valence-electron chi connectivity index (χ3n) is 11.9. The SMILES string of the molecule is C#Cc1ccc(N2C(=O)[C@H](CC[C@H](OC(C)=O)c3ccc(F)cc3)[C@H]2c2ccc(-c3cccc(C4O[C@H](COC(C)=O)[C@@H](OC(C)=O)[C@H](OC(C)=O)[C@H]4OC(C)=O)c3)cc2OCc2ccccc2)cc1. The average Bonchev–Trinajstić information content (AvgIpc) is 3.33. The Morgan fingerprint density at radius 3 is 2.01 bits per heavy atom. The zero-order valence-corrected chi connectivity index (χ0v) is 39.2. The number of rotatable bonds is 17. The standard InChI is InChI=1S/C55H52FNO13/c1-7-37-16-23-44(24-17-37)57-50(46(55(57)63)26-27-47(66-33(3)59)39-18-21-43(56)22-19-39)45-25-20-41(29-48(45)65-30-38-12-9-8-10-13-38)40-14-11-15-42(28-40)51-53(68-35(5)61)54(69-36(6)62)52(67-34(4)60)49(70-51)31-64-32(2)58/h1,8-25,28-29,46-47,49-54H,26-27,30-31H2,2-6H3/t46-,47+,49-,50-,51?,52-,53+,54+/m1/s1. The van der Waals surface area contributed by atoms with Crippen LogP contribution in [0.5, 0.6) is 5.75 Å². The fourth-order valence-electron chi connectivity index (χ4n) is 8.90. The van der Waals surface area contributed by atoms with Gasteiger partial charge in [-0.15, -0.1) is 6.42 Å². The lowest BCUT2D eigenvalue weighted by Gasteiger charge is -2.48. The van der Waals surface area contributed by atoms with Crippen LogP contribution in [0.1, 0.15) is 93.5 Å². The molecule has 1 amide bonds. The first-order valence-electron chi connectivity index (χ1n) is 22.6. The molecule has 0 radical (unpaired) electrons. The second-order valence-corrected chi connectivity index (χ2v) is 16.9. The lowest BCUT2D eigenvalue weighted by molar-refractivity contribution is -0.254. The van der Waals surface area contributed by atoms with Crippen molar-refractivity contribution in [3.05, 3.63) is 155 Å². The Morgan fingerprint density at radius 1 is 0.714 bits per heavy atom. The molecule has 70 heavy (non-hydrogen) atoms. The van der Waals surface area contributed by atoms with Gasteiger partial charge >= 0.3 is 29.8 Å². The molecular weight excluding hydrogens is 902 g/mol. The predicted octanol–water partition coefficient (Wildman–Crippen LogP) is 8.64. The highest BCUT2D eigenvalue weighted by atomic mass is 19.1. The fraction of sp³-hybridized carbons (Fsp3) is 0.309. The molecule has 14 nitrogen and oxygen atoms in total. The molecule has 0 spiro atoms. The van der Waals surface area contributed by atoms with Gasteiger partial charge in [0.2, 0.25) is 5.91 Å². The maximum atomic E-state index is 14.4. The van der Waals surface area contributed by atoms with E-state index in [1.165, 1.54) is 32.9 Å². The normalized spacial score (nSPS) is 21.0. The van der Waals surface area contributed by atoms with Gasteiger partial charge in [0.05, 0.1) is 12.0 Å². The summed E-state index contributed by atoms with van der Waals surface area (Å²) < 4.78 is 55.2. The van der Waals surface area contributed by atoms with E-state index >= 15 is 0 Å². The van der Waals surface area contributed by atoms with Gasteiger partial charge in [-0.25, -0.2) is 4.39 Å². The number of β-lactam (4-membered cyclic amide) rings is 1. The first-order valence-corrected chi connectivity index (χ1v) is 22.6. The average molecular weight is 954 g/mol. The minimum absolute atomic E-state index is 0.170. The van der Waals surface area contributed by atoms with Crippen molar-refractivity contribution >= 4 is 41.4 Å². The van der Waals surface area contributed by atoms with Gasteiger partial charge in [-0.3, -0.25) is 28.8 Å². The van der Waals surface area contributed by atoms with Crippen LogP contribution >= 0.6 is 0 Å². The third kappa shape index (κ3) is 12.1. The topological polar surface area (TPSA) is 170 Å². The largest absolute Gasteiger partial charge is 0.489 e. The maximum absolute atomic E-state index is 14.4. The number of halogens is 1. The van der Waals surface area contributed by atoms with E-state index < -0.39 is 84.2 Å². The van der Waals surface area contributed by atoms with Crippen molar-refractivity contribution in [1.29, 1.82) is 0 Å². The first-order chi connectivity index (χ1) is 33.6. The third-order valence-corrected chi connectivity index (χ3v) is 11.9. The number of esters is 5. The molecule has 2 aliphatic rings. The summed E-state index contributed by atoms with van der Waals surface area (Å²) in [6.07, 6.45) is -0.819. The number of terminal acetylenes is 1. The Bertz CT molecular complexity index is 2750. The van der Waals surface area contributed by atoms with Gasteiger partial charge in [-0.05, 0) is 89.2 Å². The second-order valence-electron chi connectivity index (χ2n) is 16.9. The number of hydrogen-bond donors (Lipinski definition) is 0. The number of amides is 1. The summed E-state index contributed by atoms with van der Waals surface area (Å²) in [6, 6.07) is 34.6. The number of anilines is 1. The van der Waals surface area contributed by atoms with E-state index in [1.54, 1.807) is 59.5 Å². The Hall–Kier alpha value is -7.83. The Labute approximate surface area is 404 Å². The molecule has 2 heterocycles. The van der Waals surface area contributed by atoms with Crippen molar-refractivity contribution in [3.8, 4) is 29.2 Å². The van der Waals surface area contributed by atoms with E-state index in [4.69, 9.17) is 39.6 Å². The highest BCUT2D eigenvalue weighted by Gasteiger charge is 2.53. The van der Waals surface area contributed by atoms with Gasteiger partial charge < -0.3 is 38.1 Å². The van der Waals surface area contributed by atoms with E-state index in [0.717, 1.165) is 19.4 Å². The van der Waals surface area contributed by atoms with Crippen molar-refractivity contribution in [2.24, 2.45) is 5.92 Å². The molecule has 2 saturated heterocycles. The summed E-state index contributed by atoms with van der Waals surface area (Å²) >= 11 is 0. The van der Waals surface area contributed by atoms with Crippen LogP contribution in [0.3, 0.4) is 0 Å². The number of hydrogen-bond acceptors (Lipinski definition) is 13. The summed E-state index contributed by atoms with van der Waals surface area (Å²) in [5, 5.41) is 0. The van der Waals surface area contributed by atoms with E-state index in [1.807, 2.05) is 54.6 Å². The van der Waals surface area contributed by atoms with Gasteiger partial charge in [-0.2, -0.15) is 0 Å². The Kier molecular flexibility index (Phi) is 16.1. The molecule has 0 saturated carbocycles. The maximum Gasteiger partial charge on any atom is 0.303 e. The molecule has 1 unspecified atom stereocenters. The number of benzene rings is 5. The molecule has 0 aromatic heterocycles. The second kappa shape index (κ2) is 22.5. The van der Waals surface area contributed by atoms with Crippen LogP contribution in [0.2, 0.25) is 0 Å². The lowest BCUT2D eigenvalue weighted by atomic mass is 9.77.